The number of rotatable bonds is 0. The van der Waals surface area contributed by atoms with Gasteiger partial charge in [0.2, 0.25) is 0 Å². The van der Waals surface area contributed by atoms with E-state index >= 15 is 0 Å². The highest BCUT2D eigenvalue weighted by Crippen LogP contribution is 2.65. The normalized spacial score (nSPS) is 57.9. The highest BCUT2D eigenvalue weighted by atomic mass is 16.3. The van der Waals surface area contributed by atoms with Crippen LogP contribution in [0.3, 0.4) is 0 Å². The van der Waals surface area contributed by atoms with Crippen molar-refractivity contribution in [3.63, 3.8) is 0 Å². The van der Waals surface area contributed by atoms with Crippen LogP contribution < -0.4 is 0 Å². The number of Topliss-reactive ketones (excluding diaryl/α,β-unsaturated/α-hetero) is 1. The van der Waals surface area contributed by atoms with Gasteiger partial charge in [-0.15, -0.1) is 0 Å². The van der Waals surface area contributed by atoms with Gasteiger partial charge >= 0.3 is 0 Å². The molecule has 0 unspecified atom stereocenters. The van der Waals surface area contributed by atoms with Crippen LogP contribution in [-0.2, 0) is 4.79 Å². The van der Waals surface area contributed by atoms with Gasteiger partial charge in [0.15, 0.2) is 5.78 Å². The van der Waals surface area contributed by atoms with Crippen molar-refractivity contribution in [2.24, 2.45) is 34.5 Å². The van der Waals surface area contributed by atoms with E-state index in [9.17, 15) is 15.0 Å². The first-order valence-electron chi connectivity index (χ1n) is 9.28. The molecule has 0 radical (unpaired) electrons. The van der Waals surface area contributed by atoms with Crippen LogP contribution in [0.1, 0.15) is 65.2 Å². The van der Waals surface area contributed by atoms with E-state index in [-0.39, 0.29) is 28.6 Å². The summed E-state index contributed by atoms with van der Waals surface area (Å²) in [5.41, 5.74) is 0.205. The lowest BCUT2D eigenvalue weighted by molar-refractivity contribution is -0.161. The van der Waals surface area contributed by atoms with E-state index in [1.54, 1.807) is 0 Å². The Labute approximate surface area is 133 Å². The van der Waals surface area contributed by atoms with Gasteiger partial charge in [-0.3, -0.25) is 4.79 Å². The van der Waals surface area contributed by atoms with E-state index in [0.29, 0.717) is 24.2 Å². The molecule has 0 aromatic heterocycles. The first-order valence-corrected chi connectivity index (χ1v) is 9.28. The van der Waals surface area contributed by atoms with Crippen LogP contribution in [0.2, 0.25) is 0 Å². The molecule has 124 valence electrons. The third kappa shape index (κ3) is 1.78. The summed E-state index contributed by atoms with van der Waals surface area (Å²) < 4.78 is 0. The molecule has 4 rings (SSSR count). The van der Waals surface area contributed by atoms with Gasteiger partial charge in [0.05, 0.1) is 6.10 Å². The first-order chi connectivity index (χ1) is 10.4. The maximum Gasteiger partial charge on any atom is 0.164 e. The fourth-order valence-electron chi connectivity index (χ4n) is 7.08. The van der Waals surface area contributed by atoms with E-state index in [4.69, 9.17) is 0 Å². The molecule has 0 heterocycles. The van der Waals surface area contributed by atoms with E-state index in [2.05, 4.69) is 13.8 Å². The number of hydrogen-bond donors (Lipinski definition) is 2. The Balaban J connectivity index is 1.65. The zero-order chi connectivity index (χ0) is 15.7. The predicted octanol–water partition coefficient (Wildman–Crippen LogP) is 2.93. The lowest BCUT2D eigenvalue weighted by Gasteiger charge is -2.60. The van der Waals surface area contributed by atoms with Crippen molar-refractivity contribution in [1.29, 1.82) is 0 Å². The molecule has 3 nitrogen and oxygen atoms in total. The summed E-state index contributed by atoms with van der Waals surface area (Å²) in [7, 11) is 0. The van der Waals surface area contributed by atoms with Crippen molar-refractivity contribution in [1.82, 2.24) is 0 Å². The lowest BCUT2D eigenvalue weighted by atomic mass is 9.45. The Hall–Kier alpha value is -0.410. The topological polar surface area (TPSA) is 57.5 Å². The number of aliphatic hydroxyl groups excluding tert-OH is 2. The maximum absolute atomic E-state index is 12.5. The molecule has 0 spiro atoms. The molecule has 0 saturated heterocycles. The van der Waals surface area contributed by atoms with Crippen molar-refractivity contribution in [2.75, 3.05) is 0 Å². The van der Waals surface area contributed by atoms with Crippen LogP contribution in [-0.4, -0.2) is 28.2 Å². The third-order valence-corrected chi connectivity index (χ3v) is 8.45. The van der Waals surface area contributed by atoms with Gasteiger partial charge < -0.3 is 10.2 Å². The van der Waals surface area contributed by atoms with E-state index < -0.39 is 6.10 Å². The van der Waals surface area contributed by atoms with Crippen molar-refractivity contribution >= 4 is 5.78 Å². The van der Waals surface area contributed by atoms with Gasteiger partial charge in [0, 0.05) is 5.92 Å². The summed E-state index contributed by atoms with van der Waals surface area (Å²) in [6.45, 7) is 4.63. The number of carbonyl (C=O) groups is 1. The second-order valence-electron chi connectivity index (χ2n) is 9.11. The number of hydrogen-bond acceptors (Lipinski definition) is 3. The standard InChI is InChI=1S/C19H30O3/c1-18-10-8-15(20)17(22)14(18)4-3-11-12-5-6-16(21)19(12,2)9-7-13(11)18/h11-16,20-21H,3-10H2,1-2H3/t11-,12-,13-,14-,15-,16-,18+,19-/m0/s1. The van der Waals surface area contributed by atoms with Gasteiger partial charge in [0.25, 0.3) is 0 Å². The second kappa shape index (κ2) is 4.80. The van der Waals surface area contributed by atoms with Crippen molar-refractivity contribution in [2.45, 2.75) is 77.4 Å². The molecule has 4 aliphatic rings. The molecule has 0 aromatic carbocycles. The van der Waals surface area contributed by atoms with Gasteiger partial charge in [0.1, 0.15) is 6.10 Å². The van der Waals surface area contributed by atoms with Crippen LogP contribution >= 0.6 is 0 Å². The van der Waals surface area contributed by atoms with Crippen LogP contribution in [0.15, 0.2) is 0 Å². The summed E-state index contributed by atoms with van der Waals surface area (Å²) in [4.78, 5) is 12.5. The minimum absolute atomic E-state index is 0.0770. The molecule has 3 heteroatoms. The largest absolute Gasteiger partial charge is 0.393 e. The second-order valence-corrected chi connectivity index (χ2v) is 9.11. The van der Waals surface area contributed by atoms with E-state index in [0.717, 1.165) is 44.9 Å². The minimum atomic E-state index is -0.711. The van der Waals surface area contributed by atoms with Crippen LogP contribution in [0, 0.1) is 34.5 Å². The summed E-state index contributed by atoms with van der Waals surface area (Å²) in [6, 6.07) is 0. The van der Waals surface area contributed by atoms with E-state index in [1.807, 2.05) is 0 Å². The quantitative estimate of drug-likeness (QED) is 0.723. The van der Waals surface area contributed by atoms with Crippen molar-refractivity contribution in [3.8, 4) is 0 Å². The predicted molar refractivity (Wildman–Crippen MR) is 84.1 cm³/mol. The SMILES string of the molecule is C[C@]12CC[C@H](O)C(=O)[C@@H]1CC[C@@H]1[C@@H]2CC[C@]2(C)[C@@H](O)CC[C@@H]12. The van der Waals surface area contributed by atoms with Gasteiger partial charge in [-0.2, -0.15) is 0 Å². The molecule has 0 aromatic rings. The van der Waals surface area contributed by atoms with Crippen molar-refractivity contribution in [3.05, 3.63) is 0 Å². The van der Waals surface area contributed by atoms with Crippen LogP contribution in [0.5, 0.6) is 0 Å². The van der Waals surface area contributed by atoms with Crippen molar-refractivity contribution < 1.29 is 15.0 Å². The lowest BCUT2D eigenvalue weighted by Crippen LogP contribution is -2.57. The third-order valence-electron chi connectivity index (χ3n) is 8.45. The molecule has 8 atom stereocenters. The first kappa shape index (κ1) is 15.1. The number of aliphatic hydroxyl groups is 2. The average Bonchev–Trinajstić information content (AvgIpc) is 2.79. The monoisotopic (exact) mass is 306 g/mol. The zero-order valence-corrected chi connectivity index (χ0v) is 13.9. The molecular formula is C19H30O3. The zero-order valence-electron chi connectivity index (χ0n) is 13.9. The molecule has 2 N–H and O–H groups in total. The fourth-order valence-corrected chi connectivity index (χ4v) is 7.08. The molecule has 4 fully saturated rings. The Morgan fingerprint density at radius 3 is 2.32 bits per heavy atom. The average molecular weight is 306 g/mol. The van der Waals surface area contributed by atoms with Gasteiger partial charge in [-0.05, 0) is 80.0 Å². The highest BCUT2D eigenvalue weighted by molar-refractivity contribution is 5.86. The maximum atomic E-state index is 12.5. The Morgan fingerprint density at radius 2 is 1.55 bits per heavy atom. The minimum Gasteiger partial charge on any atom is -0.393 e. The Kier molecular flexibility index (Phi) is 3.30. The Bertz CT molecular complexity index is 489. The number of ketones is 1. The summed E-state index contributed by atoms with van der Waals surface area (Å²) >= 11 is 0. The van der Waals surface area contributed by atoms with Gasteiger partial charge in [-0.1, -0.05) is 13.8 Å². The smallest absolute Gasteiger partial charge is 0.164 e. The summed E-state index contributed by atoms with van der Waals surface area (Å²) in [5.74, 6) is 2.13. The summed E-state index contributed by atoms with van der Waals surface area (Å²) in [5, 5.41) is 20.4. The molecule has 4 saturated carbocycles. The molecule has 4 aliphatic carbocycles. The van der Waals surface area contributed by atoms with E-state index in [1.165, 1.54) is 0 Å². The molecule has 0 aliphatic heterocycles. The molecule has 0 bridgehead atoms. The fraction of sp³-hybridized carbons (Fsp3) is 0.947. The highest BCUT2D eigenvalue weighted by Gasteiger charge is 2.61. The molecule has 22 heavy (non-hydrogen) atoms. The van der Waals surface area contributed by atoms with Gasteiger partial charge in [-0.25, -0.2) is 0 Å². The van der Waals surface area contributed by atoms with Crippen LogP contribution in [0.4, 0.5) is 0 Å². The summed E-state index contributed by atoms with van der Waals surface area (Å²) in [6.07, 6.45) is 7.28. The number of carbonyl (C=O) groups excluding carboxylic acids is 1. The molecule has 0 amide bonds. The molecular weight excluding hydrogens is 276 g/mol. The van der Waals surface area contributed by atoms with Crippen LogP contribution in [0.25, 0.3) is 0 Å². The number of fused-ring (bicyclic) bond motifs is 5. The Morgan fingerprint density at radius 1 is 0.864 bits per heavy atom.